The molecule has 0 aliphatic carbocycles. The molecule has 3 rings (SSSR count). The average molecular weight is 270 g/mol. The van der Waals surface area contributed by atoms with E-state index in [2.05, 4.69) is 29.2 Å². The quantitative estimate of drug-likeness (QED) is 0.924. The van der Waals surface area contributed by atoms with E-state index in [0.717, 1.165) is 25.1 Å². The van der Waals surface area contributed by atoms with Gasteiger partial charge in [-0.2, -0.15) is 0 Å². The molecule has 2 aromatic carbocycles. The molecule has 2 N–H and O–H groups in total. The number of para-hydroxylation sites is 1. The van der Waals surface area contributed by atoms with Crippen LogP contribution in [0.5, 0.6) is 0 Å². The number of nitrogens with two attached hydrogens (primary N) is 1. The molecule has 0 spiro atoms. The van der Waals surface area contributed by atoms with E-state index in [-0.39, 0.29) is 5.82 Å². The number of halogens is 1. The first-order valence-electron chi connectivity index (χ1n) is 7.06. The molecule has 0 saturated carbocycles. The topological polar surface area (TPSA) is 29.3 Å². The van der Waals surface area contributed by atoms with Gasteiger partial charge in [-0.25, -0.2) is 4.39 Å². The first-order valence-corrected chi connectivity index (χ1v) is 7.06. The van der Waals surface area contributed by atoms with Gasteiger partial charge in [0, 0.05) is 24.7 Å². The van der Waals surface area contributed by atoms with E-state index in [1.807, 2.05) is 6.07 Å². The summed E-state index contributed by atoms with van der Waals surface area (Å²) in [4.78, 5) is 2.32. The summed E-state index contributed by atoms with van der Waals surface area (Å²) < 4.78 is 13.3. The Labute approximate surface area is 119 Å². The lowest BCUT2D eigenvalue weighted by atomic mass is 9.98. The van der Waals surface area contributed by atoms with Gasteiger partial charge in [0.1, 0.15) is 5.82 Å². The molecule has 0 radical (unpaired) electrons. The molecule has 1 aliphatic rings. The first kappa shape index (κ1) is 13.1. The predicted molar refractivity (Wildman–Crippen MR) is 80.3 cm³/mol. The van der Waals surface area contributed by atoms with Gasteiger partial charge in [-0.1, -0.05) is 30.3 Å². The molecule has 2 aromatic rings. The molecule has 1 heterocycles. The Morgan fingerprint density at radius 2 is 2.00 bits per heavy atom. The van der Waals surface area contributed by atoms with Crippen molar-refractivity contribution in [3.63, 3.8) is 0 Å². The van der Waals surface area contributed by atoms with Crippen LogP contribution in [0.3, 0.4) is 0 Å². The van der Waals surface area contributed by atoms with E-state index in [1.54, 1.807) is 12.1 Å². The zero-order chi connectivity index (χ0) is 13.9. The summed E-state index contributed by atoms with van der Waals surface area (Å²) in [5.74, 6) is 0.318. The second-order valence-corrected chi connectivity index (χ2v) is 5.34. The maximum atomic E-state index is 13.3. The fourth-order valence-corrected chi connectivity index (χ4v) is 3.04. The number of fused-ring (bicyclic) bond motifs is 1. The molecule has 0 bridgehead atoms. The molecule has 0 aromatic heterocycles. The fraction of sp³-hybridized carbons (Fsp3) is 0.294. The maximum absolute atomic E-state index is 13.3. The van der Waals surface area contributed by atoms with Crippen LogP contribution in [0.2, 0.25) is 0 Å². The van der Waals surface area contributed by atoms with E-state index in [9.17, 15) is 4.39 Å². The van der Waals surface area contributed by atoms with Crippen LogP contribution in [0.1, 0.15) is 23.5 Å². The van der Waals surface area contributed by atoms with Crippen LogP contribution in [0.4, 0.5) is 10.1 Å². The lowest BCUT2D eigenvalue weighted by molar-refractivity contribution is 0.621. The molecule has 20 heavy (non-hydrogen) atoms. The van der Waals surface area contributed by atoms with E-state index in [1.165, 1.54) is 17.3 Å². The zero-order valence-electron chi connectivity index (χ0n) is 11.4. The number of rotatable bonds is 4. The van der Waals surface area contributed by atoms with Crippen molar-refractivity contribution in [1.29, 1.82) is 0 Å². The predicted octanol–water partition coefficient (Wildman–Crippen LogP) is 3.28. The molecular weight excluding hydrogens is 251 g/mol. The Morgan fingerprint density at radius 1 is 1.15 bits per heavy atom. The van der Waals surface area contributed by atoms with Crippen LogP contribution in [-0.4, -0.2) is 13.1 Å². The van der Waals surface area contributed by atoms with Gasteiger partial charge in [0.2, 0.25) is 0 Å². The van der Waals surface area contributed by atoms with Crippen LogP contribution in [-0.2, 0) is 6.54 Å². The standard InChI is InChI=1S/C17H19FN2/c18-15-5-3-4-13(10-15)11-20-12-14(8-9-19)16-6-1-2-7-17(16)20/h1-7,10,14H,8-9,11-12,19H2. The van der Waals surface area contributed by atoms with Gasteiger partial charge in [-0.3, -0.25) is 0 Å². The monoisotopic (exact) mass is 270 g/mol. The number of benzene rings is 2. The van der Waals surface area contributed by atoms with Crippen LogP contribution in [0.15, 0.2) is 48.5 Å². The molecule has 104 valence electrons. The number of hydrogen-bond donors (Lipinski definition) is 1. The minimum absolute atomic E-state index is 0.173. The highest BCUT2D eigenvalue weighted by molar-refractivity contribution is 5.60. The van der Waals surface area contributed by atoms with E-state index >= 15 is 0 Å². The summed E-state index contributed by atoms with van der Waals surface area (Å²) in [6.07, 6.45) is 0.997. The molecule has 1 atom stereocenters. The van der Waals surface area contributed by atoms with Gasteiger partial charge >= 0.3 is 0 Å². The Bertz CT molecular complexity index is 597. The summed E-state index contributed by atoms with van der Waals surface area (Å²) in [7, 11) is 0. The normalized spacial score (nSPS) is 17.3. The number of nitrogens with zero attached hydrogens (tertiary/aromatic N) is 1. The first-order chi connectivity index (χ1) is 9.78. The van der Waals surface area contributed by atoms with Gasteiger partial charge in [-0.05, 0) is 42.3 Å². The largest absolute Gasteiger partial charge is 0.366 e. The van der Waals surface area contributed by atoms with Gasteiger partial charge in [0.05, 0.1) is 0 Å². The Kier molecular flexibility index (Phi) is 3.70. The van der Waals surface area contributed by atoms with Gasteiger partial charge in [0.15, 0.2) is 0 Å². The molecule has 0 saturated heterocycles. The van der Waals surface area contributed by atoms with Crippen molar-refractivity contribution in [3.05, 3.63) is 65.5 Å². The lowest BCUT2D eigenvalue weighted by Gasteiger charge is -2.20. The molecule has 0 amide bonds. The highest BCUT2D eigenvalue weighted by Crippen LogP contribution is 2.38. The van der Waals surface area contributed by atoms with Crippen LogP contribution in [0, 0.1) is 5.82 Å². The number of hydrogen-bond acceptors (Lipinski definition) is 2. The van der Waals surface area contributed by atoms with Crippen molar-refractivity contribution in [3.8, 4) is 0 Å². The van der Waals surface area contributed by atoms with Crippen molar-refractivity contribution in [2.45, 2.75) is 18.9 Å². The third-order valence-corrected chi connectivity index (χ3v) is 3.94. The summed E-state index contributed by atoms with van der Waals surface area (Å²) >= 11 is 0. The summed E-state index contributed by atoms with van der Waals surface area (Å²) in [6.45, 7) is 2.41. The van der Waals surface area contributed by atoms with Crippen molar-refractivity contribution in [1.82, 2.24) is 0 Å². The second-order valence-electron chi connectivity index (χ2n) is 5.34. The number of anilines is 1. The molecule has 1 aliphatic heterocycles. The average Bonchev–Trinajstić information content (AvgIpc) is 2.78. The van der Waals surface area contributed by atoms with E-state index in [0.29, 0.717) is 12.5 Å². The van der Waals surface area contributed by atoms with Crippen molar-refractivity contribution < 1.29 is 4.39 Å². The minimum Gasteiger partial charge on any atom is -0.366 e. The summed E-state index contributed by atoms with van der Waals surface area (Å²) in [5, 5.41) is 0. The third kappa shape index (κ3) is 2.54. The van der Waals surface area contributed by atoms with E-state index in [4.69, 9.17) is 5.73 Å². The van der Waals surface area contributed by atoms with Crippen LogP contribution >= 0.6 is 0 Å². The van der Waals surface area contributed by atoms with Crippen molar-refractivity contribution >= 4 is 5.69 Å². The van der Waals surface area contributed by atoms with Crippen LogP contribution in [0.25, 0.3) is 0 Å². The minimum atomic E-state index is -0.173. The SMILES string of the molecule is NCCC1CN(Cc2cccc(F)c2)c2ccccc21. The van der Waals surface area contributed by atoms with Gasteiger partial charge in [-0.15, -0.1) is 0 Å². The Balaban J connectivity index is 1.85. The smallest absolute Gasteiger partial charge is 0.123 e. The molecule has 0 fully saturated rings. The Hall–Kier alpha value is -1.87. The summed E-state index contributed by atoms with van der Waals surface area (Å²) in [5.41, 5.74) is 9.35. The molecule has 3 heteroatoms. The van der Waals surface area contributed by atoms with Gasteiger partial charge < -0.3 is 10.6 Å². The zero-order valence-corrected chi connectivity index (χ0v) is 11.4. The molecular formula is C17H19FN2. The van der Waals surface area contributed by atoms with E-state index < -0.39 is 0 Å². The van der Waals surface area contributed by atoms with Crippen LogP contribution < -0.4 is 10.6 Å². The van der Waals surface area contributed by atoms with Gasteiger partial charge in [0.25, 0.3) is 0 Å². The molecule has 2 nitrogen and oxygen atoms in total. The van der Waals surface area contributed by atoms with Crippen molar-refractivity contribution in [2.24, 2.45) is 5.73 Å². The highest BCUT2D eigenvalue weighted by atomic mass is 19.1. The highest BCUT2D eigenvalue weighted by Gasteiger charge is 2.27. The molecule has 1 unspecified atom stereocenters. The van der Waals surface area contributed by atoms with Crippen molar-refractivity contribution in [2.75, 3.05) is 18.0 Å². The third-order valence-electron chi connectivity index (χ3n) is 3.94. The lowest BCUT2D eigenvalue weighted by Crippen LogP contribution is -2.22. The fourth-order valence-electron chi connectivity index (χ4n) is 3.04. The summed E-state index contributed by atoms with van der Waals surface area (Å²) in [6, 6.07) is 15.3. The Morgan fingerprint density at radius 3 is 2.80 bits per heavy atom. The maximum Gasteiger partial charge on any atom is 0.123 e. The second kappa shape index (κ2) is 5.63.